The fraction of sp³-hybridized carbons (Fsp3) is 0. The van der Waals surface area contributed by atoms with Gasteiger partial charge >= 0.3 is 17.1 Å². The van der Waals surface area contributed by atoms with Crippen LogP contribution in [0.5, 0.6) is 0 Å². The molecule has 0 aliphatic heterocycles. The molecule has 0 unspecified atom stereocenters. The zero-order valence-corrected chi connectivity index (χ0v) is 3.14. The van der Waals surface area contributed by atoms with Crippen molar-refractivity contribution in [3.8, 4) is 0 Å². The summed E-state index contributed by atoms with van der Waals surface area (Å²) in [4.78, 5) is 0. The van der Waals surface area contributed by atoms with Crippen LogP contribution in [0.1, 0.15) is 0 Å². The standard InChI is InChI=1S/2CN.Cu/c2*1-2;/q2*-1;+1. The molecule has 0 radical (unpaired) electrons. The summed E-state index contributed by atoms with van der Waals surface area (Å²) < 4.78 is 0. The summed E-state index contributed by atoms with van der Waals surface area (Å²) in [6.07, 6.45) is 0. The molecule has 0 bridgehead atoms. The molecule has 0 N–H and O–H groups in total. The van der Waals surface area contributed by atoms with Gasteiger partial charge in [0.15, 0.2) is 0 Å². The van der Waals surface area contributed by atoms with E-state index in [2.05, 4.69) is 0 Å². The fourth-order valence-electron chi connectivity index (χ4n) is 0. The number of hydrogen-bond donors (Lipinski definition) is 0. The average Bonchev–Trinajstić information content (AvgIpc) is 1.50. The van der Waals surface area contributed by atoms with E-state index in [1.165, 1.54) is 0 Å². The topological polar surface area (TPSA) is 47.6 Å². The van der Waals surface area contributed by atoms with Crippen molar-refractivity contribution in [2.75, 3.05) is 0 Å². The molecule has 5 heavy (non-hydrogen) atoms. The summed E-state index contributed by atoms with van der Waals surface area (Å²) >= 11 is 0. The van der Waals surface area contributed by atoms with E-state index in [0.717, 1.165) is 0 Å². The van der Waals surface area contributed by atoms with E-state index in [-0.39, 0.29) is 17.1 Å². The molecule has 0 aliphatic rings. The van der Waals surface area contributed by atoms with Gasteiger partial charge in [-0.2, -0.15) is 0 Å². The third-order valence-corrected chi connectivity index (χ3v) is 0. The quantitative estimate of drug-likeness (QED) is 0.334. The van der Waals surface area contributed by atoms with E-state index in [4.69, 9.17) is 23.7 Å². The molecule has 0 fully saturated rings. The maximum atomic E-state index is 6.25. The Morgan fingerprint density at radius 1 is 0.800 bits per heavy atom. The van der Waals surface area contributed by atoms with Crippen LogP contribution in [0.2, 0.25) is 0 Å². The molecular formula is C2CuN2-. The Morgan fingerprint density at radius 2 is 0.800 bits per heavy atom. The molecule has 0 saturated heterocycles. The van der Waals surface area contributed by atoms with Gasteiger partial charge in [0.25, 0.3) is 0 Å². The van der Waals surface area contributed by atoms with Crippen LogP contribution >= 0.6 is 0 Å². The molecular weight excluding hydrogens is 116 g/mol. The van der Waals surface area contributed by atoms with Crippen LogP contribution < -0.4 is 0 Å². The fourth-order valence-corrected chi connectivity index (χ4v) is 0. The molecule has 3 heteroatoms. The van der Waals surface area contributed by atoms with E-state index in [9.17, 15) is 0 Å². The Morgan fingerprint density at radius 3 is 0.800 bits per heavy atom. The molecule has 0 aliphatic carbocycles. The molecule has 0 atom stereocenters. The summed E-state index contributed by atoms with van der Waals surface area (Å²) in [6.45, 7) is 9.50. The first-order valence-corrected chi connectivity index (χ1v) is 0.447. The summed E-state index contributed by atoms with van der Waals surface area (Å²) in [7, 11) is 0. The largest absolute Gasteiger partial charge is 1.00 e. The maximum absolute atomic E-state index is 6.25. The van der Waals surface area contributed by atoms with Crippen LogP contribution in [0.25, 0.3) is 0 Å². The van der Waals surface area contributed by atoms with Gasteiger partial charge in [-0.3, -0.25) is 0 Å². The van der Waals surface area contributed by atoms with Gasteiger partial charge in [-0.05, 0) is 0 Å². The smallest absolute Gasteiger partial charge is 0.512 e. The minimum absolute atomic E-state index is 0. The van der Waals surface area contributed by atoms with Crippen molar-refractivity contribution in [3.63, 3.8) is 0 Å². The van der Waals surface area contributed by atoms with E-state index in [1.807, 2.05) is 0 Å². The van der Waals surface area contributed by atoms with Crippen LogP contribution in [0, 0.1) is 23.7 Å². The van der Waals surface area contributed by atoms with Crippen LogP contribution in [-0.4, -0.2) is 0 Å². The van der Waals surface area contributed by atoms with E-state index in [0.29, 0.717) is 0 Å². The van der Waals surface area contributed by atoms with Gasteiger partial charge in [0.2, 0.25) is 0 Å². The minimum Gasteiger partial charge on any atom is -0.512 e. The molecule has 0 amide bonds. The number of hydrogen-bond acceptors (Lipinski definition) is 2. The molecule has 0 aromatic carbocycles. The van der Waals surface area contributed by atoms with Crippen molar-refractivity contribution in [3.05, 3.63) is 13.1 Å². The van der Waals surface area contributed by atoms with Crippen molar-refractivity contribution in [1.82, 2.24) is 0 Å². The van der Waals surface area contributed by atoms with Crippen LogP contribution in [-0.2, 0) is 17.1 Å². The average molecular weight is 116 g/mol. The molecule has 0 rings (SSSR count). The summed E-state index contributed by atoms with van der Waals surface area (Å²) in [5.74, 6) is 0. The Kier molecular flexibility index (Phi) is 428. The van der Waals surface area contributed by atoms with Gasteiger partial charge in [0.05, 0.1) is 0 Å². The first-order chi connectivity index (χ1) is 2.00. The van der Waals surface area contributed by atoms with Gasteiger partial charge < -0.3 is 23.7 Å². The van der Waals surface area contributed by atoms with E-state index >= 15 is 0 Å². The van der Waals surface area contributed by atoms with Crippen LogP contribution in [0.15, 0.2) is 0 Å². The van der Waals surface area contributed by atoms with Gasteiger partial charge in [-0.1, -0.05) is 0 Å². The van der Waals surface area contributed by atoms with Gasteiger partial charge in [0.1, 0.15) is 0 Å². The van der Waals surface area contributed by atoms with Crippen molar-refractivity contribution < 1.29 is 17.1 Å². The zero-order chi connectivity index (χ0) is 4.00. The third-order valence-electron chi connectivity index (χ3n) is 0. The monoisotopic (exact) mass is 115 g/mol. The maximum Gasteiger partial charge on any atom is 1.00 e. The first-order valence-electron chi connectivity index (χ1n) is 0.447. The molecule has 2 nitrogen and oxygen atoms in total. The molecule has 0 spiro atoms. The van der Waals surface area contributed by atoms with E-state index < -0.39 is 0 Å². The predicted molar refractivity (Wildman–Crippen MR) is 9.94 cm³/mol. The number of rotatable bonds is 0. The molecule has 0 saturated carbocycles. The molecule has 0 aromatic rings. The van der Waals surface area contributed by atoms with Crippen LogP contribution in [0.4, 0.5) is 0 Å². The minimum atomic E-state index is 0. The molecule has 0 aromatic heterocycles. The van der Waals surface area contributed by atoms with Crippen molar-refractivity contribution in [1.29, 1.82) is 10.5 Å². The Hall–Kier alpha value is -0.501. The molecule has 0 heterocycles. The Labute approximate surface area is 41.5 Å². The van der Waals surface area contributed by atoms with Gasteiger partial charge in [0, 0.05) is 0 Å². The summed E-state index contributed by atoms with van der Waals surface area (Å²) in [6, 6.07) is 0. The second-order valence-corrected chi connectivity index (χ2v) is 0. The normalized spacial score (nSPS) is 0.800. The first kappa shape index (κ1) is 24.5. The molecule has 30 valence electrons. The predicted octanol–water partition coefficient (Wildman–Crippen LogP) is 0.190. The second-order valence-electron chi connectivity index (χ2n) is 0. The van der Waals surface area contributed by atoms with Crippen molar-refractivity contribution >= 4 is 0 Å². The van der Waals surface area contributed by atoms with Crippen LogP contribution in [0.3, 0.4) is 0 Å². The van der Waals surface area contributed by atoms with Crippen molar-refractivity contribution in [2.45, 2.75) is 0 Å². The Balaban J connectivity index is -0.0000000133. The summed E-state index contributed by atoms with van der Waals surface area (Å²) in [5.41, 5.74) is 0. The van der Waals surface area contributed by atoms with Gasteiger partial charge in [-0.25, -0.2) is 0 Å². The van der Waals surface area contributed by atoms with Gasteiger partial charge in [-0.15, -0.1) is 0 Å². The summed E-state index contributed by atoms with van der Waals surface area (Å²) in [5, 5.41) is 12.5. The SMILES string of the molecule is [C-]#N.[C-]#N.[Cu+]. The van der Waals surface area contributed by atoms with Crippen molar-refractivity contribution in [2.24, 2.45) is 0 Å². The zero-order valence-electron chi connectivity index (χ0n) is 2.20. The Bertz CT molecular complexity index is 23.1. The van der Waals surface area contributed by atoms with E-state index in [1.54, 1.807) is 0 Å². The number of nitrogens with zero attached hydrogens (tertiary/aromatic N) is 2. The second kappa shape index (κ2) is 87.3. The third kappa shape index (κ3) is 31.4.